The van der Waals surface area contributed by atoms with Gasteiger partial charge in [0.15, 0.2) is 5.11 Å². The molecule has 0 atom stereocenters. The number of benzene rings is 1. The Hall–Kier alpha value is -1.86. The van der Waals surface area contributed by atoms with E-state index in [9.17, 15) is 0 Å². The minimum Gasteiger partial charge on any atom is -0.378 e. The predicted octanol–water partition coefficient (Wildman–Crippen LogP) is 4.39. The van der Waals surface area contributed by atoms with Crippen molar-refractivity contribution in [3.05, 3.63) is 63.3 Å². The Morgan fingerprint density at radius 1 is 1.28 bits per heavy atom. The van der Waals surface area contributed by atoms with Crippen LogP contribution >= 0.6 is 35.4 Å². The Labute approximate surface area is 187 Å². The van der Waals surface area contributed by atoms with Crippen LogP contribution in [-0.2, 0) is 4.74 Å². The van der Waals surface area contributed by atoms with Gasteiger partial charge >= 0.3 is 0 Å². The van der Waals surface area contributed by atoms with Crippen LogP contribution in [0.4, 0.5) is 0 Å². The summed E-state index contributed by atoms with van der Waals surface area (Å²) in [4.78, 5) is 2.36. The van der Waals surface area contributed by atoms with Crippen LogP contribution in [0.2, 0.25) is 10.0 Å². The number of nitrogens with zero attached hydrogens (tertiary/aromatic N) is 2. The first-order valence-electron chi connectivity index (χ1n) is 9.48. The summed E-state index contributed by atoms with van der Waals surface area (Å²) in [5.74, 6) is 0. The molecule has 0 bridgehead atoms. The summed E-state index contributed by atoms with van der Waals surface area (Å²) >= 11 is 17.6. The van der Waals surface area contributed by atoms with Gasteiger partial charge in [0.25, 0.3) is 0 Å². The van der Waals surface area contributed by atoms with Gasteiger partial charge in [-0.3, -0.25) is 5.43 Å². The highest BCUT2D eigenvalue weighted by Gasteiger charge is 2.25. The second kappa shape index (κ2) is 10.8. The van der Waals surface area contributed by atoms with Crippen LogP contribution in [-0.4, -0.2) is 49.1 Å². The molecule has 5 nitrogen and oxygen atoms in total. The van der Waals surface area contributed by atoms with Crippen molar-refractivity contribution in [2.75, 3.05) is 32.8 Å². The molecule has 0 spiro atoms. The van der Waals surface area contributed by atoms with Crippen LogP contribution in [0.5, 0.6) is 0 Å². The van der Waals surface area contributed by atoms with E-state index < -0.39 is 0 Å². The van der Waals surface area contributed by atoms with Crippen LogP contribution < -0.4 is 10.7 Å². The third kappa shape index (κ3) is 6.06. The fraction of sp³-hybridized carbons (Fsp3) is 0.333. The first-order valence-corrected chi connectivity index (χ1v) is 10.6. The number of hydrazone groups is 1. The molecule has 1 fully saturated rings. The summed E-state index contributed by atoms with van der Waals surface area (Å²) in [5, 5.41) is 9.06. The summed E-state index contributed by atoms with van der Waals surface area (Å²) in [6, 6.07) is 5.58. The topological polar surface area (TPSA) is 48.9 Å². The molecule has 1 saturated heterocycles. The van der Waals surface area contributed by atoms with Crippen molar-refractivity contribution in [3.8, 4) is 0 Å². The zero-order chi connectivity index (χ0) is 20.6. The second-order valence-electron chi connectivity index (χ2n) is 6.68. The quantitative estimate of drug-likeness (QED) is 0.291. The molecule has 0 saturated carbocycles. The van der Waals surface area contributed by atoms with Gasteiger partial charge < -0.3 is 15.0 Å². The third-order valence-corrected chi connectivity index (χ3v) is 5.48. The van der Waals surface area contributed by atoms with Gasteiger partial charge in [-0.1, -0.05) is 35.3 Å². The molecule has 0 unspecified atom stereocenters. The minimum atomic E-state index is 0.469. The number of halogens is 2. The molecule has 1 aromatic rings. The van der Waals surface area contributed by atoms with Gasteiger partial charge in [-0.25, -0.2) is 0 Å². The maximum atomic E-state index is 6.39. The predicted molar refractivity (Wildman–Crippen MR) is 126 cm³/mol. The van der Waals surface area contributed by atoms with Crippen molar-refractivity contribution in [2.24, 2.45) is 5.10 Å². The first kappa shape index (κ1) is 21.8. The van der Waals surface area contributed by atoms with Crippen molar-refractivity contribution in [1.82, 2.24) is 15.6 Å². The van der Waals surface area contributed by atoms with E-state index >= 15 is 0 Å². The van der Waals surface area contributed by atoms with E-state index in [0.717, 1.165) is 44.7 Å². The summed E-state index contributed by atoms with van der Waals surface area (Å²) in [6.07, 6.45) is 7.58. The minimum absolute atomic E-state index is 0.469. The third-order valence-electron chi connectivity index (χ3n) is 4.68. The van der Waals surface area contributed by atoms with Gasteiger partial charge in [-0.2, -0.15) is 5.10 Å². The number of rotatable bonds is 6. The summed E-state index contributed by atoms with van der Waals surface area (Å²) < 4.78 is 5.53. The molecule has 2 aliphatic rings. The Morgan fingerprint density at radius 3 is 2.79 bits per heavy atom. The number of hydrogen-bond donors (Lipinski definition) is 2. The standard InChI is InChI=1S/C21H24Cl2N4OS/c1-2-7-24-21(29)26-25-14-17-4-3-16(20(17)27-8-10-28-11-9-27)12-15-5-6-18(22)13-19(15)23/h2,5-6,12-14H,1,3-4,7-11H2,(H2,24,26,29). The molecule has 0 radical (unpaired) electrons. The van der Waals surface area contributed by atoms with E-state index in [1.165, 1.54) is 16.8 Å². The van der Waals surface area contributed by atoms with Crippen molar-refractivity contribution in [1.29, 1.82) is 0 Å². The molecule has 29 heavy (non-hydrogen) atoms. The average Bonchev–Trinajstić information content (AvgIpc) is 3.11. The molecule has 2 N–H and O–H groups in total. The lowest BCUT2D eigenvalue weighted by molar-refractivity contribution is 0.0548. The van der Waals surface area contributed by atoms with Crippen molar-refractivity contribution in [2.45, 2.75) is 12.8 Å². The monoisotopic (exact) mass is 450 g/mol. The molecule has 1 aromatic carbocycles. The van der Waals surface area contributed by atoms with E-state index in [-0.39, 0.29) is 0 Å². The summed E-state index contributed by atoms with van der Waals surface area (Å²) in [5.41, 5.74) is 7.43. The Kier molecular flexibility index (Phi) is 8.12. The highest BCUT2D eigenvalue weighted by atomic mass is 35.5. The van der Waals surface area contributed by atoms with Crippen molar-refractivity contribution < 1.29 is 4.74 Å². The van der Waals surface area contributed by atoms with Gasteiger partial charge in [0, 0.05) is 35.4 Å². The highest BCUT2D eigenvalue weighted by molar-refractivity contribution is 7.80. The molecule has 0 amide bonds. The number of hydrogen-bond acceptors (Lipinski definition) is 4. The molecular formula is C21H24Cl2N4OS. The van der Waals surface area contributed by atoms with Crippen LogP contribution in [0.15, 0.2) is 52.8 Å². The molecular weight excluding hydrogens is 427 g/mol. The van der Waals surface area contributed by atoms with Crippen LogP contribution in [0.25, 0.3) is 6.08 Å². The maximum absolute atomic E-state index is 6.39. The molecule has 1 heterocycles. The van der Waals surface area contributed by atoms with Crippen LogP contribution in [0.3, 0.4) is 0 Å². The van der Waals surface area contributed by atoms with Crippen molar-refractivity contribution in [3.63, 3.8) is 0 Å². The van der Waals surface area contributed by atoms with E-state index in [2.05, 4.69) is 33.4 Å². The first-order chi connectivity index (χ1) is 14.1. The van der Waals surface area contributed by atoms with Crippen LogP contribution in [0, 0.1) is 0 Å². The lowest BCUT2D eigenvalue weighted by Gasteiger charge is -2.31. The molecule has 3 rings (SSSR count). The second-order valence-corrected chi connectivity index (χ2v) is 7.93. The molecule has 0 aromatic heterocycles. The number of allylic oxidation sites excluding steroid dienone is 2. The fourth-order valence-electron chi connectivity index (χ4n) is 3.35. The SMILES string of the molecule is C=CCNC(=S)NN=CC1=C(N2CCOCC2)C(=Cc2ccc(Cl)cc2Cl)CC1. The van der Waals surface area contributed by atoms with E-state index in [4.69, 9.17) is 40.2 Å². The van der Waals surface area contributed by atoms with Gasteiger partial charge in [-0.15, -0.1) is 6.58 Å². The Balaban J connectivity index is 1.85. The number of nitrogens with one attached hydrogen (secondary N) is 2. The van der Waals surface area contributed by atoms with E-state index in [0.29, 0.717) is 21.7 Å². The van der Waals surface area contributed by atoms with E-state index in [1.54, 1.807) is 12.1 Å². The molecule has 1 aliphatic heterocycles. The number of thiocarbonyl (C=S) groups is 1. The highest BCUT2D eigenvalue weighted by Crippen LogP contribution is 2.36. The fourth-order valence-corrected chi connectivity index (χ4v) is 3.95. The van der Waals surface area contributed by atoms with Gasteiger partial charge in [0.1, 0.15) is 0 Å². The van der Waals surface area contributed by atoms with Crippen LogP contribution in [0.1, 0.15) is 18.4 Å². The number of morpholine rings is 1. The van der Waals surface area contributed by atoms with Gasteiger partial charge in [0.2, 0.25) is 0 Å². The van der Waals surface area contributed by atoms with Gasteiger partial charge in [-0.05, 0) is 60.0 Å². The zero-order valence-corrected chi connectivity index (χ0v) is 18.4. The molecule has 1 aliphatic carbocycles. The Morgan fingerprint density at radius 2 is 2.07 bits per heavy atom. The largest absolute Gasteiger partial charge is 0.378 e. The summed E-state index contributed by atoms with van der Waals surface area (Å²) in [7, 11) is 0. The number of ether oxygens (including phenoxy) is 1. The Bertz CT molecular complexity index is 860. The van der Waals surface area contributed by atoms with Gasteiger partial charge in [0.05, 0.1) is 19.4 Å². The zero-order valence-electron chi connectivity index (χ0n) is 16.1. The van der Waals surface area contributed by atoms with E-state index in [1.807, 2.05) is 18.3 Å². The maximum Gasteiger partial charge on any atom is 0.187 e. The lowest BCUT2D eigenvalue weighted by atomic mass is 10.1. The average molecular weight is 451 g/mol. The summed E-state index contributed by atoms with van der Waals surface area (Å²) in [6.45, 7) is 7.39. The lowest BCUT2D eigenvalue weighted by Crippen LogP contribution is -2.36. The normalized spacial score (nSPS) is 18.6. The van der Waals surface area contributed by atoms with Crippen molar-refractivity contribution >= 4 is 52.8 Å². The smallest absolute Gasteiger partial charge is 0.187 e. The molecule has 154 valence electrons. The molecule has 8 heteroatoms.